The number of para-hydroxylation sites is 1. The van der Waals surface area contributed by atoms with E-state index in [2.05, 4.69) is 5.32 Å². The van der Waals surface area contributed by atoms with Gasteiger partial charge in [0, 0.05) is 26.2 Å². The molecule has 98 valence electrons. The summed E-state index contributed by atoms with van der Waals surface area (Å²) in [5.41, 5.74) is 1.05. The summed E-state index contributed by atoms with van der Waals surface area (Å²) < 4.78 is 5.75. The van der Waals surface area contributed by atoms with Gasteiger partial charge in [0.15, 0.2) is 6.10 Å². The fraction of sp³-hybridized carbons (Fsp3) is 0.500. The van der Waals surface area contributed by atoms with Crippen molar-refractivity contribution in [3.63, 3.8) is 0 Å². The second-order valence-electron chi connectivity index (χ2n) is 4.60. The van der Waals surface area contributed by atoms with Crippen LogP contribution in [0.4, 0.5) is 0 Å². The third kappa shape index (κ3) is 3.01. The number of nitrogens with one attached hydrogen (secondary N) is 1. The lowest BCUT2D eigenvalue weighted by atomic mass is 10.2. The third-order valence-electron chi connectivity index (χ3n) is 3.17. The molecule has 0 unspecified atom stereocenters. The number of aryl methyl sites for hydroxylation is 1. The summed E-state index contributed by atoms with van der Waals surface area (Å²) in [7, 11) is 0. The van der Waals surface area contributed by atoms with Crippen LogP contribution in [0.15, 0.2) is 24.3 Å². The van der Waals surface area contributed by atoms with E-state index in [1.807, 2.05) is 43.0 Å². The zero-order chi connectivity index (χ0) is 13.0. The van der Waals surface area contributed by atoms with Crippen molar-refractivity contribution in [2.24, 2.45) is 0 Å². The summed E-state index contributed by atoms with van der Waals surface area (Å²) in [6, 6.07) is 7.77. The zero-order valence-electron chi connectivity index (χ0n) is 11.0. The van der Waals surface area contributed by atoms with E-state index in [1.54, 1.807) is 0 Å². The number of amides is 1. The van der Waals surface area contributed by atoms with Gasteiger partial charge < -0.3 is 15.0 Å². The van der Waals surface area contributed by atoms with Crippen LogP contribution in [0, 0.1) is 6.92 Å². The lowest BCUT2D eigenvalue weighted by Gasteiger charge is -2.30. The molecule has 1 atom stereocenters. The molecule has 4 nitrogen and oxygen atoms in total. The number of carbonyl (C=O) groups excluding carboxylic acids is 1. The summed E-state index contributed by atoms with van der Waals surface area (Å²) >= 11 is 0. The third-order valence-corrected chi connectivity index (χ3v) is 3.17. The molecule has 4 heteroatoms. The molecule has 1 aliphatic rings. The zero-order valence-corrected chi connectivity index (χ0v) is 11.0. The molecule has 1 heterocycles. The van der Waals surface area contributed by atoms with E-state index in [4.69, 9.17) is 4.74 Å². The van der Waals surface area contributed by atoms with Crippen LogP contribution in [0.1, 0.15) is 12.5 Å². The first-order valence-electron chi connectivity index (χ1n) is 6.40. The average Bonchev–Trinajstić information content (AvgIpc) is 2.41. The number of carbonyl (C=O) groups is 1. The van der Waals surface area contributed by atoms with Gasteiger partial charge in [0.05, 0.1) is 0 Å². The van der Waals surface area contributed by atoms with Crippen LogP contribution in [0.2, 0.25) is 0 Å². The number of hydrogen-bond donors (Lipinski definition) is 1. The van der Waals surface area contributed by atoms with E-state index in [1.165, 1.54) is 0 Å². The normalized spacial score (nSPS) is 17.3. The van der Waals surface area contributed by atoms with E-state index >= 15 is 0 Å². The van der Waals surface area contributed by atoms with Crippen molar-refractivity contribution in [1.82, 2.24) is 10.2 Å². The van der Waals surface area contributed by atoms with Gasteiger partial charge in [0.2, 0.25) is 0 Å². The molecule has 0 saturated carbocycles. The first kappa shape index (κ1) is 12.9. The first-order valence-corrected chi connectivity index (χ1v) is 6.40. The second kappa shape index (κ2) is 5.87. The van der Waals surface area contributed by atoms with Gasteiger partial charge >= 0.3 is 0 Å². The van der Waals surface area contributed by atoms with Crippen LogP contribution in [0.3, 0.4) is 0 Å². The highest BCUT2D eigenvalue weighted by atomic mass is 16.5. The topological polar surface area (TPSA) is 41.6 Å². The molecular weight excluding hydrogens is 228 g/mol. The van der Waals surface area contributed by atoms with Crippen molar-refractivity contribution in [2.75, 3.05) is 26.2 Å². The van der Waals surface area contributed by atoms with Crippen molar-refractivity contribution >= 4 is 5.91 Å². The summed E-state index contributed by atoms with van der Waals surface area (Å²) in [6.45, 7) is 7.06. The van der Waals surface area contributed by atoms with Gasteiger partial charge in [-0.25, -0.2) is 0 Å². The molecule has 0 bridgehead atoms. The molecule has 1 aliphatic heterocycles. The number of rotatable bonds is 3. The summed E-state index contributed by atoms with van der Waals surface area (Å²) in [5.74, 6) is 0.855. The van der Waals surface area contributed by atoms with Crippen molar-refractivity contribution in [1.29, 1.82) is 0 Å². The Balaban J connectivity index is 1.96. The van der Waals surface area contributed by atoms with Gasteiger partial charge in [0.25, 0.3) is 5.91 Å². The number of nitrogens with zero attached hydrogens (tertiary/aromatic N) is 1. The number of benzene rings is 1. The largest absolute Gasteiger partial charge is 0.481 e. The van der Waals surface area contributed by atoms with Crippen LogP contribution >= 0.6 is 0 Å². The van der Waals surface area contributed by atoms with E-state index in [-0.39, 0.29) is 5.91 Å². The molecule has 18 heavy (non-hydrogen) atoms. The Morgan fingerprint density at radius 2 is 2.00 bits per heavy atom. The summed E-state index contributed by atoms with van der Waals surface area (Å²) in [4.78, 5) is 14.0. The molecule has 0 aromatic heterocycles. The van der Waals surface area contributed by atoms with Gasteiger partial charge in [0.1, 0.15) is 5.75 Å². The average molecular weight is 248 g/mol. The fourth-order valence-corrected chi connectivity index (χ4v) is 2.07. The van der Waals surface area contributed by atoms with Gasteiger partial charge in [-0.2, -0.15) is 0 Å². The van der Waals surface area contributed by atoms with Crippen molar-refractivity contribution in [2.45, 2.75) is 20.0 Å². The summed E-state index contributed by atoms with van der Waals surface area (Å²) in [6.07, 6.45) is -0.427. The Kier molecular flexibility index (Phi) is 4.20. The highest BCUT2D eigenvalue weighted by Gasteiger charge is 2.23. The Hall–Kier alpha value is -1.55. The highest BCUT2D eigenvalue weighted by molar-refractivity contribution is 5.81. The van der Waals surface area contributed by atoms with E-state index < -0.39 is 6.10 Å². The predicted octanol–water partition coefficient (Wildman–Crippen LogP) is 1.19. The Labute approximate surface area is 108 Å². The maximum absolute atomic E-state index is 12.2. The molecule has 0 spiro atoms. The van der Waals surface area contributed by atoms with Crippen molar-refractivity contribution in [3.8, 4) is 5.75 Å². The van der Waals surface area contributed by atoms with Crippen LogP contribution in [-0.4, -0.2) is 43.1 Å². The van der Waals surface area contributed by atoms with Gasteiger partial charge in [-0.1, -0.05) is 18.2 Å². The molecule has 1 fully saturated rings. The lowest BCUT2D eigenvalue weighted by Crippen LogP contribution is -2.50. The van der Waals surface area contributed by atoms with Gasteiger partial charge in [-0.3, -0.25) is 4.79 Å². The molecule has 0 radical (unpaired) electrons. The minimum absolute atomic E-state index is 0.0692. The predicted molar refractivity (Wildman–Crippen MR) is 70.7 cm³/mol. The molecule has 1 N–H and O–H groups in total. The van der Waals surface area contributed by atoms with Gasteiger partial charge in [-0.15, -0.1) is 0 Å². The molecule has 1 aromatic rings. The smallest absolute Gasteiger partial charge is 0.263 e. The van der Waals surface area contributed by atoms with Crippen LogP contribution < -0.4 is 10.1 Å². The SMILES string of the molecule is Cc1ccccc1O[C@@H](C)C(=O)N1CCNCC1. The van der Waals surface area contributed by atoms with Crippen molar-refractivity contribution in [3.05, 3.63) is 29.8 Å². The highest BCUT2D eigenvalue weighted by Crippen LogP contribution is 2.18. The second-order valence-corrected chi connectivity index (χ2v) is 4.60. The standard InChI is InChI=1S/C14H20N2O2/c1-11-5-3-4-6-13(11)18-12(2)14(17)16-9-7-15-8-10-16/h3-6,12,15H,7-10H2,1-2H3/t12-/m0/s1. The minimum Gasteiger partial charge on any atom is -0.481 e. The maximum atomic E-state index is 12.2. The number of ether oxygens (including phenoxy) is 1. The fourth-order valence-electron chi connectivity index (χ4n) is 2.07. The first-order chi connectivity index (χ1) is 8.68. The Morgan fingerprint density at radius 1 is 1.33 bits per heavy atom. The molecular formula is C14H20N2O2. The van der Waals surface area contributed by atoms with Crippen molar-refractivity contribution < 1.29 is 9.53 Å². The van der Waals surface area contributed by atoms with E-state index in [0.717, 1.165) is 37.5 Å². The number of hydrogen-bond acceptors (Lipinski definition) is 3. The van der Waals surface area contributed by atoms with Crippen LogP contribution in [0.25, 0.3) is 0 Å². The summed E-state index contributed by atoms with van der Waals surface area (Å²) in [5, 5.41) is 3.23. The van der Waals surface area contributed by atoms with Crippen LogP contribution in [0.5, 0.6) is 5.75 Å². The van der Waals surface area contributed by atoms with E-state index in [0.29, 0.717) is 0 Å². The monoisotopic (exact) mass is 248 g/mol. The molecule has 1 aromatic carbocycles. The molecule has 1 saturated heterocycles. The van der Waals surface area contributed by atoms with Crippen LogP contribution in [-0.2, 0) is 4.79 Å². The van der Waals surface area contributed by atoms with Gasteiger partial charge in [-0.05, 0) is 25.5 Å². The molecule has 0 aliphatic carbocycles. The maximum Gasteiger partial charge on any atom is 0.263 e. The van der Waals surface area contributed by atoms with E-state index in [9.17, 15) is 4.79 Å². The quantitative estimate of drug-likeness (QED) is 0.873. The minimum atomic E-state index is -0.427. The molecule has 2 rings (SSSR count). The Bertz CT molecular complexity index is 414. The lowest BCUT2D eigenvalue weighted by molar-refractivity contribution is -0.138. The number of piperazine rings is 1. The molecule has 1 amide bonds. The Morgan fingerprint density at radius 3 is 2.67 bits per heavy atom.